The van der Waals surface area contributed by atoms with Crippen molar-refractivity contribution in [1.82, 2.24) is 5.32 Å². The maximum atomic E-state index is 13.6. The summed E-state index contributed by atoms with van der Waals surface area (Å²) in [6.45, 7) is 8.55. The molecule has 0 radical (unpaired) electrons. The van der Waals surface area contributed by atoms with E-state index >= 15 is 0 Å². The van der Waals surface area contributed by atoms with Crippen LogP contribution in [0.15, 0.2) is 18.2 Å². The van der Waals surface area contributed by atoms with E-state index in [0.717, 1.165) is 12.1 Å². The standard InChI is InChI=1S/C16H22F2N2O3/c1-9(2)13(20-15(22)23-16(3,4)5)14(21)19-12-7-6-10(17)8-11(12)18/h6-9,13H,1-5H3,(H,19,21)(H,20,22). The molecule has 2 amide bonds. The fraction of sp³-hybridized carbons (Fsp3) is 0.500. The van der Waals surface area contributed by atoms with Crippen LogP contribution in [0.3, 0.4) is 0 Å². The Bertz CT molecular complexity index is 583. The van der Waals surface area contributed by atoms with Crippen LogP contribution in [0.2, 0.25) is 0 Å². The number of rotatable bonds is 4. The molecule has 0 saturated heterocycles. The maximum absolute atomic E-state index is 13.6. The molecule has 1 rings (SSSR count). The number of amides is 2. The highest BCUT2D eigenvalue weighted by molar-refractivity contribution is 5.96. The van der Waals surface area contributed by atoms with Crippen molar-refractivity contribution in [3.8, 4) is 0 Å². The number of carbonyl (C=O) groups is 2. The monoisotopic (exact) mass is 328 g/mol. The summed E-state index contributed by atoms with van der Waals surface area (Å²) in [6.07, 6.45) is -0.745. The molecule has 0 fully saturated rings. The lowest BCUT2D eigenvalue weighted by atomic mass is 10.0. The topological polar surface area (TPSA) is 67.4 Å². The summed E-state index contributed by atoms with van der Waals surface area (Å²) >= 11 is 0. The van der Waals surface area contributed by atoms with E-state index in [2.05, 4.69) is 10.6 Å². The van der Waals surface area contributed by atoms with Crippen molar-refractivity contribution < 1.29 is 23.1 Å². The SMILES string of the molecule is CC(C)C(NC(=O)OC(C)(C)C)C(=O)Nc1ccc(F)cc1F. The number of benzene rings is 1. The van der Waals surface area contributed by atoms with Crippen molar-refractivity contribution in [1.29, 1.82) is 0 Å². The summed E-state index contributed by atoms with van der Waals surface area (Å²) < 4.78 is 31.6. The van der Waals surface area contributed by atoms with Gasteiger partial charge in [0.2, 0.25) is 5.91 Å². The van der Waals surface area contributed by atoms with E-state index in [1.165, 1.54) is 0 Å². The highest BCUT2D eigenvalue weighted by Gasteiger charge is 2.27. The third kappa shape index (κ3) is 6.22. The normalized spacial score (nSPS) is 12.7. The molecule has 0 spiro atoms. The van der Waals surface area contributed by atoms with Gasteiger partial charge in [-0.25, -0.2) is 13.6 Å². The lowest BCUT2D eigenvalue weighted by Gasteiger charge is -2.25. The summed E-state index contributed by atoms with van der Waals surface area (Å²) in [5.74, 6) is -2.51. The van der Waals surface area contributed by atoms with Gasteiger partial charge in [-0.3, -0.25) is 4.79 Å². The molecule has 5 nitrogen and oxygen atoms in total. The molecule has 0 bridgehead atoms. The maximum Gasteiger partial charge on any atom is 0.408 e. The molecule has 1 aromatic rings. The van der Waals surface area contributed by atoms with E-state index in [1.54, 1.807) is 34.6 Å². The van der Waals surface area contributed by atoms with Gasteiger partial charge in [0, 0.05) is 6.07 Å². The first-order valence-corrected chi connectivity index (χ1v) is 7.25. The molecule has 7 heteroatoms. The summed E-state index contributed by atoms with van der Waals surface area (Å²) in [5.41, 5.74) is -0.862. The van der Waals surface area contributed by atoms with Crippen LogP contribution in [0, 0.1) is 17.6 Å². The van der Waals surface area contributed by atoms with Gasteiger partial charge in [-0.05, 0) is 38.8 Å². The molecular weight excluding hydrogens is 306 g/mol. The van der Waals surface area contributed by atoms with Crippen LogP contribution in [0.1, 0.15) is 34.6 Å². The predicted molar refractivity (Wildman–Crippen MR) is 83.0 cm³/mol. The first-order valence-electron chi connectivity index (χ1n) is 7.25. The van der Waals surface area contributed by atoms with E-state index < -0.39 is 35.3 Å². The first-order chi connectivity index (χ1) is 10.5. The van der Waals surface area contributed by atoms with Gasteiger partial charge >= 0.3 is 6.09 Å². The first kappa shape index (κ1) is 18.9. The van der Waals surface area contributed by atoms with Gasteiger partial charge in [0.25, 0.3) is 0 Å². The van der Waals surface area contributed by atoms with Gasteiger partial charge in [0.05, 0.1) is 5.69 Å². The zero-order valence-corrected chi connectivity index (χ0v) is 13.9. The number of ether oxygens (including phenoxy) is 1. The summed E-state index contributed by atoms with van der Waals surface area (Å²) in [6, 6.07) is 1.90. The Morgan fingerprint density at radius 3 is 2.26 bits per heavy atom. The molecule has 23 heavy (non-hydrogen) atoms. The molecular formula is C16H22F2N2O3. The second-order valence-electron chi connectivity index (χ2n) is 6.48. The van der Waals surface area contributed by atoms with E-state index in [1.807, 2.05) is 0 Å². The predicted octanol–water partition coefficient (Wildman–Crippen LogP) is 3.45. The number of carbonyl (C=O) groups excluding carboxylic acids is 2. The van der Waals surface area contributed by atoms with Gasteiger partial charge in [0.1, 0.15) is 23.3 Å². The molecule has 0 aromatic heterocycles. The Balaban J connectivity index is 2.81. The van der Waals surface area contributed by atoms with Crippen LogP contribution in [0.5, 0.6) is 0 Å². The minimum atomic E-state index is -0.922. The zero-order chi connectivity index (χ0) is 17.8. The molecule has 1 aromatic carbocycles. The zero-order valence-electron chi connectivity index (χ0n) is 13.9. The Morgan fingerprint density at radius 2 is 1.78 bits per heavy atom. The van der Waals surface area contributed by atoms with Crippen molar-refractivity contribution in [2.75, 3.05) is 5.32 Å². The number of halogens is 2. The molecule has 1 atom stereocenters. The lowest BCUT2D eigenvalue weighted by molar-refractivity contribution is -0.119. The van der Waals surface area contributed by atoms with Crippen LogP contribution >= 0.6 is 0 Å². The van der Waals surface area contributed by atoms with E-state index in [0.29, 0.717) is 6.07 Å². The molecule has 128 valence electrons. The number of anilines is 1. The average Bonchev–Trinajstić information content (AvgIpc) is 2.36. The van der Waals surface area contributed by atoms with Gasteiger partial charge in [-0.15, -0.1) is 0 Å². The molecule has 0 aliphatic carbocycles. The van der Waals surface area contributed by atoms with Gasteiger partial charge < -0.3 is 15.4 Å². The van der Waals surface area contributed by atoms with E-state index in [-0.39, 0.29) is 11.6 Å². The second kappa shape index (κ2) is 7.39. The minimum Gasteiger partial charge on any atom is -0.444 e. The smallest absolute Gasteiger partial charge is 0.408 e. The Hall–Kier alpha value is -2.18. The van der Waals surface area contributed by atoms with Crippen molar-refractivity contribution in [2.24, 2.45) is 5.92 Å². The minimum absolute atomic E-state index is 0.159. The summed E-state index contributed by atoms with van der Waals surface area (Å²) in [7, 11) is 0. The van der Waals surface area contributed by atoms with Crippen molar-refractivity contribution >= 4 is 17.7 Å². The van der Waals surface area contributed by atoms with Gasteiger partial charge in [-0.1, -0.05) is 13.8 Å². The Labute approximate surface area is 134 Å². The van der Waals surface area contributed by atoms with Crippen molar-refractivity contribution in [2.45, 2.75) is 46.3 Å². The molecule has 1 unspecified atom stereocenters. The average molecular weight is 328 g/mol. The quantitative estimate of drug-likeness (QED) is 0.889. The number of hydrogen-bond acceptors (Lipinski definition) is 3. The van der Waals surface area contributed by atoms with E-state index in [9.17, 15) is 18.4 Å². The third-order valence-corrected chi connectivity index (χ3v) is 2.81. The van der Waals surface area contributed by atoms with Gasteiger partial charge in [0.15, 0.2) is 0 Å². The Kier molecular flexibility index (Phi) is 6.06. The lowest BCUT2D eigenvalue weighted by Crippen LogP contribution is -2.48. The fourth-order valence-electron chi connectivity index (χ4n) is 1.77. The number of alkyl carbamates (subject to hydrolysis) is 1. The molecule has 0 heterocycles. The number of nitrogens with one attached hydrogen (secondary N) is 2. The van der Waals surface area contributed by atoms with Crippen molar-refractivity contribution in [3.63, 3.8) is 0 Å². The summed E-state index contributed by atoms with van der Waals surface area (Å²) in [4.78, 5) is 24.1. The van der Waals surface area contributed by atoms with Crippen LogP contribution in [-0.2, 0) is 9.53 Å². The van der Waals surface area contributed by atoms with E-state index in [4.69, 9.17) is 4.74 Å². The molecule has 2 N–H and O–H groups in total. The highest BCUT2D eigenvalue weighted by atomic mass is 19.1. The molecule has 0 aliphatic heterocycles. The largest absolute Gasteiger partial charge is 0.444 e. The summed E-state index contributed by atoms with van der Waals surface area (Å²) in [5, 5.41) is 4.79. The Morgan fingerprint density at radius 1 is 1.17 bits per heavy atom. The fourth-order valence-corrected chi connectivity index (χ4v) is 1.77. The van der Waals surface area contributed by atoms with Crippen LogP contribution < -0.4 is 10.6 Å². The van der Waals surface area contributed by atoms with Gasteiger partial charge in [-0.2, -0.15) is 0 Å². The van der Waals surface area contributed by atoms with Crippen LogP contribution in [0.4, 0.5) is 19.3 Å². The van der Waals surface area contributed by atoms with Crippen LogP contribution in [0.25, 0.3) is 0 Å². The van der Waals surface area contributed by atoms with Crippen molar-refractivity contribution in [3.05, 3.63) is 29.8 Å². The number of hydrogen-bond donors (Lipinski definition) is 2. The highest BCUT2D eigenvalue weighted by Crippen LogP contribution is 2.16. The molecule has 0 saturated carbocycles. The second-order valence-corrected chi connectivity index (χ2v) is 6.48. The third-order valence-electron chi connectivity index (χ3n) is 2.81. The molecule has 0 aliphatic rings. The van der Waals surface area contributed by atoms with Crippen LogP contribution in [-0.4, -0.2) is 23.6 Å².